The van der Waals surface area contributed by atoms with Gasteiger partial charge >= 0.3 is 0 Å². The van der Waals surface area contributed by atoms with Crippen molar-refractivity contribution in [2.45, 2.75) is 20.3 Å². The molecule has 1 aromatic carbocycles. The van der Waals surface area contributed by atoms with E-state index in [-0.39, 0.29) is 0 Å². The molecule has 2 aromatic heterocycles. The summed E-state index contributed by atoms with van der Waals surface area (Å²) < 4.78 is 1.77. The van der Waals surface area contributed by atoms with E-state index in [1.54, 1.807) is 10.8 Å². The van der Waals surface area contributed by atoms with Crippen molar-refractivity contribution in [3.63, 3.8) is 0 Å². The fourth-order valence-corrected chi connectivity index (χ4v) is 3.48. The second-order valence-electron chi connectivity index (χ2n) is 6.38. The van der Waals surface area contributed by atoms with Gasteiger partial charge in [-0.05, 0) is 38.0 Å². The standard InChI is InChI=1S/C18H22N6/c1-14-6-3-4-7-16(14)22-8-5-9-23(11-10-22)17-12-15(2)21-24-13-19-20-18(17)24/h3-4,6-7,12-13H,5,8-11H2,1-2H3. The van der Waals surface area contributed by atoms with Gasteiger partial charge in [-0.25, -0.2) is 0 Å². The predicted molar refractivity (Wildman–Crippen MR) is 95.7 cm³/mol. The summed E-state index contributed by atoms with van der Waals surface area (Å²) in [5.41, 5.74) is 5.64. The average Bonchev–Trinajstić information content (AvgIpc) is 2.90. The molecule has 0 radical (unpaired) electrons. The highest BCUT2D eigenvalue weighted by Crippen LogP contribution is 2.25. The molecule has 0 N–H and O–H groups in total. The van der Waals surface area contributed by atoms with Gasteiger partial charge in [-0.2, -0.15) is 9.61 Å². The average molecular weight is 322 g/mol. The van der Waals surface area contributed by atoms with Crippen molar-refractivity contribution < 1.29 is 0 Å². The van der Waals surface area contributed by atoms with Crippen molar-refractivity contribution in [1.29, 1.82) is 0 Å². The van der Waals surface area contributed by atoms with Crippen LogP contribution in [0.25, 0.3) is 5.65 Å². The fourth-order valence-electron chi connectivity index (χ4n) is 3.48. The van der Waals surface area contributed by atoms with Crippen molar-refractivity contribution >= 4 is 17.0 Å². The second-order valence-corrected chi connectivity index (χ2v) is 6.38. The molecule has 6 heteroatoms. The number of hydrogen-bond acceptors (Lipinski definition) is 5. The van der Waals surface area contributed by atoms with Gasteiger partial charge in [0.05, 0.1) is 11.4 Å². The number of para-hydroxylation sites is 1. The summed E-state index contributed by atoms with van der Waals surface area (Å²) >= 11 is 0. The Labute approximate surface area is 141 Å². The van der Waals surface area contributed by atoms with Gasteiger partial charge in [0.2, 0.25) is 5.65 Å². The van der Waals surface area contributed by atoms with Gasteiger partial charge in [-0.1, -0.05) is 18.2 Å². The number of rotatable bonds is 2. The van der Waals surface area contributed by atoms with Crippen LogP contribution in [0.2, 0.25) is 0 Å². The molecule has 1 fully saturated rings. The molecular formula is C18H22N6. The van der Waals surface area contributed by atoms with E-state index in [4.69, 9.17) is 0 Å². The molecule has 0 atom stereocenters. The van der Waals surface area contributed by atoms with Crippen LogP contribution in [-0.4, -0.2) is 46.0 Å². The Balaban J connectivity index is 1.61. The molecule has 0 unspecified atom stereocenters. The van der Waals surface area contributed by atoms with E-state index in [1.807, 2.05) is 6.92 Å². The topological polar surface area (TPSA) is 49.6 Å². The first-order valence-electron chi connectivity index (χ1n) is 8.45. The number of fused-ring (bicyclic) bond motifs is 1. The van der Waals surface area contributed by atoms with Crippen molar-refractivity contribution in [2.75, 3.05) is 36.0 Å². The zero-order valence-corrected chi connectivity index (χ0v) is 14.2. The van der Waals surface area contributed by atoms with Crippen molar-refractivity contribution in [3.8, 4) is 0 Å². The van der Waals surface area contributed by atoms with Gasteiger partial charge in [0, 0.05) is 31.9 Å². The third kappa shape index (κ3) is 2.68. The van der Waals surface area contributed by atoms with Gasteiger partial charge in [-0.3, -0.25) is 0 Å². The zero-order chi connectivity index (χ0) is 16.5. The number of benzene rings is 1. The summed E-state index contributed by atoms with van der Waals surface area (Å²) in [5.74, 6) is 0. The molecule has 0 bridgehead atoms. The van der Waals surface area contributed by atoms with E-state index in [0.717, 1.165) is 49.6 Å². The molecule has 6 nitrogen and oxygen atoms in total. The van der Waals surface area contributed by atoms with Crippen LogP contribution in [0.15, 0.2) is 36.7 Å². The summed E-state index contributed by atoms with van der Waals surface area (Å²) in [6.45, 7) is 8.28. The van der Waals surface area contributed by atoms with Crippen LogP contribution in [0, 0.1) is 13.8 Å². The SMILES string of the molecule is Cc1cc(N2CCCN(c3ccccc3C)CC2)c2nncn2n1. The number of nitrogens with zero attached hydrogens (tertiary/aromatic N) is 6. The van der Waals surface area contributed by atoms with E-state index in [1.165, 1.54) is 11.3 Å². The lowest BCUT2D eigenvalue weighted by atomic mass is 10.2. The molecule has 0 amide bonds. The Morgan fingerprint density at radius 2 is 1.67 bits per heavy atom. The van der Waals surface area contributed by atoms with E-state index >= 15 is 0 Å². The van der Waals surface area contributed by atoms with Crippen LogP contribution in [-0.2, 0) is 0 Å². The number of anilines is 2. The molecule has 0 saturated carbocycles. The Bertz CT molecular complexity index is 856. The van der Waals surface area contributed by atoms with Crippen molar-refractivity contribution in [3.05, 3.63) is 47.9 Å². The van der Waals surface area contributed by atoms with Crippen LogP contribution >= 0.6 is 0 Å². The Morgan fingerprint density at radius 1 is 0.917 bits per heavy atom. The van der Waals surface area contributed by atoms with Gasteiger partial charge in [0.25, 0.3) is 0 Å². The maximum atomic E-state index is 4.44. The van der Waals surface area contributed by atoms with Crippen LogP contribution < -0.4 is 9.80 Å². The third-order valence-corrected chi connectivity index (χ3v) is 4.66. The first-order valence-corrected chi connectivity index (χ1v) is 8.45. The van der Waals surface area contributed by atoms with E-state index in [2.05, 4.69) is 62.4 Å². The lowest BCUT2D eigenvalue weighted by molar-refractivity contribution is 0.799. The van der Waals surface area contributed by atoms with Crippen molar-refractivity contribution in [1.82, 2.24) is 19.8 Å². The van der Waals surface area contributed by atoms with E-state index < -0.39 is 0 Å². The summed E-state index contributed by atoms with van der Waals surface area (Å²) in [4.78, 5) is 4.90. The first kappa shape index (κ1) is 14.9. The Morgan fingerprint density at radius 3 is 2.46 bits per heavy atom. The molecule has 3 heterocycles. The summed E-state index contributed by atoms with van der Waals surface area (Å²) in [7, 11) is 0. The lowest BCUT2D eigenvalue weighted by Gasteiger charge is -2.26. The molecule has 24 heavy (non-hydrogen) atoms. The predicted octanol–water partition coefficient (Wildman–Crippen LogP) is 2.46. The molecule has 0 aliphatic carbocycles. The molecule has 3 aromatic rings. The van der Waals surface area contributed by atoms with Gasteiger partial charge in [0.15, 0.2) is 0 Å². The smallest absolute Gasteiger partial charge is 0.200 e. The number of aromatic nitrogens is 4. The van der Waals surface area contributed by atoms with E-state index in [9.17, 15) is 0 Å². The second kappa shape index (κ2) is 6.11. The van der Waals surface area contributed by atoms with Gasteiger partial charge in [-0.15, -0.1) is 10.2 Å². The monoisotopic (exact) mass is 322 g/mol. The number of hydrogen-bond donors (Lipinski definition) is 0. The highest BCUT2D eigenvalue weighted by molar-refractivity contribution is 5.68. The van der Waals surface area contributed by atoms with Gasteiger partial charge < -0.3 is 9.80 Å². The Kier molecular flexibility index (Phi) is 3.80. The van der Waals surface area contributed by atoms with Crippen LogP contribution in [0.4, 0.5) is 11.4 Å². The molecule has 0 spiro atoms. The first-order chi connectivity index (χ1) is 11.7. The highest BCUT2D eigenvalue weighted by atomic mass is 15.4. The molecule has 1 aliphatic rings. The van der Waals surface area contributed by atoms with Crippen LogP contribution in [0.1, 0.15) is 17.7 Å². The third-order valence-electron chi connectivity index (χ3n) is 4.66. The van der Waals surface area contributed by atoms with Gasteiger partial charge in [0.1, 0.15) is 6.33 Å². The fraction of sp³-hybridized carbons (Fsp3) is 0.389. The normalized spacial score (nSPS) is 15.8. The Hall–Kier alpha value is -2.63. The summed E-state index contributed by atoms with van der Waals surface area (Å²) in [6.07, 6.45) is 2.79. The minimum Gasteiger partial charge on any atom is -0.369 e. The number of aryl methyl sites for hydroxylation is 2. The summed E-state index contributed by atoms with van der Waals surface area (Å²) in [6, 6.07) is 10.7. The zero-order valence-electron chi connectivity index (χ0n) is 14.2. The molecule has 4 rings (SSSR count). The summed E-state index contributed by atoms with van der Waals surface area (Å²) in [5, 5.41) is 12.7. The molecule has 1 saturated heterocycles. The highest BCUT2D eigenvalue weighted by Gasteiger charge is 2.19. The molecule has 1 aliphatic heterocycles. The van der Waals surface area contributed by atoms with Crippen LogP contribution in [0.5, 0.6) is 0 Å². The minimum atomic E-state index is 0.838. The minimum absolute atomic E-state index is 0.838. The maximum Gasteiger partial charge on any atom is 0.200 e. The largest absolute Gasteiger partial charge is 0.369 e. The quantitative estimate of drug-likeness (QED) is 0.725. The lowest BCUT2D eigenvalue weighted by Crippen LogP contribution is -2.31. The molecule has 124 valence electrons. The van der Waals surface area contributed by atoms with Crippen LogP contribution in [0.3, 0.4) is 0 Å². The maximum absolute atomic E-state index is 4.44. The van der Waals surface area contributed by atoms with E-state index in [0.29, 0.717) is 0 Å². The van der Waals surface area contributed by atoms with Crippen molar-refractivity contribution in [2.24, 2.45) is 0 Å². The molecular weight excluding hydrogens is 300 g/mol.